The zero-order chi connectivity index (χ0) is 13.1. The number of hydrogen-bond donors (Lipinski definition) is 1. The van der Waals surface area contributed by atoms with E-state index in [2.05, 4.69) is 19.2 Å². The first kappa shape index (κ1) is 13.8. The van der Waals surface area contributed by atoms with Crippen molar-refractivity contribution < 1.29 is 9.53 Å². The Balaban J connectivity index is 1.95. The largest absolute Gasteiger partial charge is 0.381 e. The lowest BCUT2D eigenvalue weighted by molar-refractivity contribution is -0.131. The molecule has 0 aromatic rings. The van der Waals surface area contributed by atoms with Crippen LogP contribution in [0.1, 0.15) is 40.0 Å². The molecule has 0 aromatic heterocycles. The van der Waals surface area contributed by atoms with E-state index in [1.807, 2.05) is 11.8 Å². The van der Waals surface area contributed by atoms with Gasteiger partial charge in [-0.3, -0.25) is 10.1 Å². The van der Waals surface area contributed by atoms with Crippen molar-refractivity contribution in [1.82, 2.24) is 10.2 Å². The molecule has 0 aliphatic carbocycles. The molecule has 4 nitrogen and oxygen atoms in total. The standard InChI is InChI=1S/C14H26N2O2/c1-10(2)7-13-15-11(3)14(17)16(13)8-12-5-4-6-18-9-12/h10-13,15H,4-9H2,1-3H3. The van der Waals surface area contributed by atoms with Gasteiger partial charge >= 0.3 is 0 Å². The van der Waals surface area contributed by atoms with E-state index in [1.54, 1.807) is 0 Å². The summed E-state index contributed by atoms with van der Waals surface area (Å²) in [7, 11) is 0. The van der Waals surface area contributed by atoms with Crippen molar-refractivity contribution in [2.75, 3.05) is 19.8 Å². The highest BCUT2D eigenvalue weighted by Gasteiger charge is 2.37. The highest BCUT2D eigenvalue weighted by atomic mass is 16.5. The molecule has 2 rings (SSSR count). The highest BCUT2D eigenvalue weighted by Crippen LogP contribution is 2.22. The fraction of sp³-hybridized carbons (Fsp3) is 0.929. The molecule has 2 aliphatic heterocycles. The predicted octanol–water partition coefficient (Wildman–Crippen LogP) is 1.61. The van der Waals surface area contributed by atoms with Gasteiger partial charge in [-0.25, -0.2) is 0 Å². The molecule has 0 radical (unpaired) electrons. The van der Waals surface area contributed by atoms with Crippen molar-refractivity contribution in [3.63, 3.8) is 0 Å². The zero-order valence-corrected chi connectivity index (χ0v) is 11.8. The second-order valence-electron chi connectivity index (χ2n) is 6.11. The van der Waals surface area contributed by atoms with E-state index in [-0.39, 0.29) is 18.1 Å². The number of amides is 1. The minimum Gasteiger partial charge on any atom is -0.381 e. The topological polar surface area (TPSA) is 41.6 Å². The van der Waals surface area contributed by atoms with E-state index < -0.39 is 0 Å². The van der Waals surface area contributed by atoms with Crippen LogP contribution in [0.4, 0.5) is 0 Å². The number of carbonyl (C=O) groups excluding carboxylic acids is 1. The summed E-state index contributed by atoms with van der Waals surface area (Å²) >= 11 is 0. The van der Waals surface area contributed by atoms with Gasteiger partial charge in [0.05, 0.1) is 18.8 Å². The maximum Gasteiger partial charge on any atom is 0.240 e. The van der Waals surface area contributed by atoms with E-state index in [4.69, 9.17) is 4.74 Å². The first-order valence-corrected chi connectivity index (χ1v) is 7.22. The Morgan fingerprint density at radius 1 is 1.50 bits per heavy atom. The van der Waals surface area contributed by atoms with Crippen LogP contribution in [-0.4, -0.2) is 42.8 Å². The van der Waals surface area contributed by atoms with Crippen molar-refractivity contribution in [2.24, 2.45) is 11.8 Å². The molecule has 0 aromatic carbocycles. The van der Waals surface area contributed by atoms with E-state index in [0.29, 0.717) is 11.8 Å². The number of nitrogens with zero attached hydrogens (tertiary/aromatic N) is 1. The fourth-order valence-electron chi connectivity index (χ4n) is 2.94. The molecule has 2 aliphatic rings. The summed E-state index contributed by atoms with van der Waals surface area (Å²) in [5.41, 5.74) is 0. The van der Waals surface area contributed by atoms with E-state index in [1.165, 1.54) is 6.42 Å². The Hall–Kier alpha value is -0.610. The normalized spacial score (nSPS) is 33.4. The van der Waals surface area contributed by atoms with Gasteiger partial charge in [0.2, 0.25) is 5.91 Å². The molecule has 1 amide bonds. The summed E-state index contributed by atoms with van der Waals surface area (Å²) in [5.74, 6) is 1.38. The van der Waals surface area contributed by atoms with Crippen molar-refractivity contribution in [1.29, 1.82) is 0 Å². The molecule has 104 valence electrons. The molecule has 0 spiro atoms. The molecular weight excluding hydrogens is 228 g/mol. The lowest BCUT2D eigenvalue weighted by Crippen LogP contribution is -2.42. The molecule has 3 atom stereocenters. The first-order valence-electron chi connectivity index (χ1n) is 7.22. The SMILES string of the molecule is CC(C)CC1NC(C)C(=O)N1CC1CCCOC1. The molecule has 1 N–H and O–H groups in total. The van der Waals surface area contributed by atoms with Gasteiger partial charge in [0.1, 0.15) is 0 Å². The number of rotatable bonds is 4. The average Bonchev–Trinajstić information content (AvgIpc) is 2.58. The van der Waals surface area contributed by atoms with Crippen molar-refractivity contribution in [3.8, 4) is 0 Å². The summed E-state index contributed by atoms with van der Waals surface area (Å²) in [5, 5.41) is 3.41. The third-order valence-electron chi connectivity index (χ3n) is 3.88. The summed E-state index contributed by atoms with van der Waals surface area (Å²) < 4.78 is 5.51. The minimum atomic E-state index is -0.0294. The Kier molecular flexibility index (Phi) is 4.62. The van der Waals surface area contributed by atoms with Gasteiger partial charge < -0.3 is 9.64 Å². The van der Waals surface area contributed by atoms with Gasteiger partial charge in [-0.15, -0.1) is 0 Å². The van der Waals surface area contributed by atoms with Crippen LogP contribution in [0.5, 0.6) is 0 Å². The molecule has 2 heterocycles. The predicted molar refractivity (Wildman–Crippen MR) is 71.1 cm³/mol. The van der Waals surface area contributed by atoms with E-state index in [9.17, 15) is 4.79 Å². The van der Waals surface area contributed by atoms with Crippen molar-refractivity contribution in [3.05, 3.63) is 0 Å². The number of hydrogen-bond acceptors (Lipinski definition) is 3. The van der Waals surface area contributed by atoms with Crippen LogP contribution in [0.15, 0.2) is 0 Å². The average molecular weight is 254 g/mol. The Morgan fingerprint density at radius 3 is 2.89 bits per heavy atom. The third kappa shape index (κ3) is 3.23. The van der Waals surface area contributed by atoms with Gasteiger partial charge in [-0.05, 0) is 32.1 Å². The second-order valence-corrected chi connectivity index (χ2v) is 6.11. The lowest BCUT2D eigenvalue weighted by atomic mass is 10.0. The summed E-state index contributed by atoms with van der Waals surface area (Å²) in [6.07, 6.45) is 3.57. The quantitative estimate of drug-likeness (QED) is 0.828. The highest BCUT2D eigenvalue weighted by molar-refractivity contribution is 5.83. The van der Waals surface area contributed by atoms with Gasteiger partial charge in [-0.1, -0.05) is 13.8 Å². The maximum absolute atomic E-state index is 12.2. The Labute approximate surface area is 110 Å². The molecule has 2 saturated heterocycles. The monoisotopic (exact) mass is 254 g/mol. The number of ether oxygens (including phenoxy) is 1. The summed E-state index contributed by atoms with van der Waals surface area (Å²) in [6.45, 7) is 8.93. The third-order valence-corrected chi connectivity index (χ3v) is 3.88. The van der Waals surface area contributed by atoms with Crippen molar-refractivity contribution >= 4 is 5.91 Å². The first-order chi connectivity index (χ1) is 8.58. The van der Waals surface area contributed by atoms with Crippen LogP contribution in [-0.2, 0) is 9.53 Å². The van der Waals surface area contributed by atoms with Crippen LogP contribution in [0.25, 0.3) is 0 Å². The lowest BCUT2D eigenvalue weighted by Gasteiger charge is -2.31. The molecule has 0 bridgehead atoms. The van der Waals surface area contributed by atoms with Crippen LogP contribution in [0.3, 0.4) is 0 Å². The summed E-state index contributed by atoms with van der Waals surface area (Å²) in [4.78, 5) is 14.2. The van der Waals surface area contributed by atoms with Crippen molar-refractivity contribution in [2.45, 2.75) is 52.2 Å². The second kappa shape index (κ2) is 6.02. The molecule has 3 unspecified atom stereocenters. The van der Waals surface area contributed by atoms with E-state index >= 15 is 0 Å². The molecule has 2 fully saturated rings. The summed E-state index contributed by atoms with van der Waals surface area (Å²) in [6, 6.07) is -0.0294. The fourth-order valence-corrected chi connectivity index (χ4v) is 2.94. The van der Waals surface area contributed by atoms with Gasteiger partial charge in [0.15, 0.2) is 0 Å². The van der Waals surface area contributed by atoms with Crippen LogP contribution >= 0.6 is 0 Å². The van der Waals surface area contributed by atoms with Crippen LogP contribution in [0.2, 0.25) is 0 Å². The van der Waals surface area contributed by atoms with Gasteiger partial charge in [0, 0.05) is 19.1 Å². The Bertz CT molecular complexity index is 288. The molecule has 0 saturated carbocycles. The maximum atomic E-state index is 12.2. The molecule has 18 heavy (non-hydrogen) atoms. The minimum absolute atomic E-state index is 0.0294. The smallest absolute Gasteiger partial charge is 0.240 e. The zero-order valence-electron chi connectivity index (χ0n) is 11.8. The molecule has 4 heteroatoms. The van der Waals surface area contributed by atoms with Crippen LogP contribution in [0, 0.1) is 11.8 Å². The molecular formula is C14H26N2O2. The number of nitrogens with one attached hydrogen (secondary N) is 1. The number of carbonyl (C=O) groups is 1. The van der Waals surface area contributed by atoms with Gasteiger partial charge in [0.25, 0.3) is 0 Å². The Morgan fingerprint density at radius 2 is 2.28 bits per heavy atom. The van der Waals surface area contributed by atoms with Gasteiger partial charge in [-0.2, -0.15) is 0 Å². The van der Waals surface area contributed by atoms with E-state index in [0.717, 1.165) is 32.6 Å². The van der Waals surface area contributed by atoms with Crippen LogP contribution < -0.4 is 5.32 Å².